The van der Waals surface area contributed by atoms with Crippen LogP contribution in [0.4, 0.5) is 0 Å². The molecule has 0 unspecified atom stereocenters. The molecule has 0 spiro atoms. The van der Waals surface area contributed by atoms with E-state index < -0.39 is 0 Å². The first kappa shape index (κ1) is 14.5. The first-order valence-corrected chi connectivity index (χ1v) is 7.70. The maximum atomic E-state index is 5.96. The summed E-state index contributed by atoms with van der Waals surface area (Å²) < 4.78 is 5.64. The van der Waals surface area contributed by atoms with Crippen molar-refractivity contribution >= 4 is 11.6 Å². The molecule has 0 saturated carbocycles. The molecule has 6 heteroatoms. The van der Waals surface area contributed by atoms with E-state index in [1.54, 1.807) is 0 Å². The number of hydrogen-bond donors (Lipinski definition) is 1. The van der Waals surface area contributed by atoms with Gasteiger partial charge < -0.3 is 14.6 Å². The summed E-state index contributed by atoms with van der Waals surface area (Å²) in [6.45, 7) is 5.06. The summed E-state index contributed by atoms with van der Waals surface area (Å²) in [4.78, 5) is 2.47. The molecule has 0 bridgehead atoms. The lowest BCUT2D eigenvalue weighted by molar-refractivity contribution is 0.332. The van der Waals surface area contributed by atoms with Crippen molar-refractivity contribution in [1.29, 1.82) is 0 Å². The van der Waals surface area contributed by atoms with E-state index in [2.05, 4.69) is 20.4 Å². The summed E-state index contributed by atoms with van der Waals surface area (Å²) in [6, 6.07) is 7.42. The summed E-state index contributed by atoms with van der Waals surface area (Å²) in [7, 11) is 0. The summed E-state index contributed by atoms with van der Waals surface area (Å²) in [5.41, 5.74) is 0.846. The van der Waals surface area contributed by atoms with E-state index in [1.807, 2.05) is 24.3 Å². The van der Waals surface area contributed by atoms with E-state index in [9.17, 15) is 0 Å². The molecule has 112 valence electrons. The van der Waals surface area contributed by atoms with Gasteiger partial charge in [-0.2, -0.15) is 0 Å². The van der Waals surface area contributed by atoms with Gasteiger partial charge in [-0.25, -0.2) is 0 Å². The van der Waals surface area contributed by atoms with E-state index in [-0.39, 0.29) is 0 Å². The number of nitrogens with zero attached hydrogens (tertiary/aromatic N) is 3. The van der Waals surface area contributed by atoms with Crippen LogP contribution in [0, 0.1) is 0 Å². The molecule has 21 heavy (non-hydrogen) atoms. The summed E-state index contributed by atoms with van der Waals surface area (Å²) >= 11 is 5.96. The second kappa shape index (κ2) is 7.02. The Kier molecular flexibility index (Phi) is 4.85. The van der Waals surface area contributed by atoms with Gasteiger partial charge in [-0.1, -0.05) is 17.7 Å². The average molecular weight is 307 g/mol. The van der Waals surface area contributed by atoms with E-state index in [4.69, 9.17) is 16.0 Å². The van der Waals surface area contributed by atoms with Gasteiger partial charge in [0.2, 0.25) is 11.8 Å². The van der Waals surface area contributed by atoms with Gasteiger partial charge >= 0.3 is 0 Å². The molecule has 1 aliphatic heterocycles. The normalized spacial score (nSPS) is 15.7. The van der Waals surface area contributed by atoms with Gasteiger partial charge in [-0.05, 0) is 44.1 Å². The Hall–Kier alpha value is -1.43. The lowest BCUT2D eigenvalue weighted by atomic mass is 10.2. The Morgan fingerprint density at radius 1 is 1.24 bits per heavy atom. The molecule has 5 nitrogen and oxygen atoms in total. The minimum absolute atomic E-state index is 0.508. The SMILES string of the molecule is Clc1cccc(-c2nnc(CNCCN3CCCC3)o2)c1. The summed E-state index contributed by atoms with van der Waals surface area (Å²) in [5.74, 6) is 1.11. The van der Waals surface area contributed by atoms with Crippen LogP contribution >= 0.6 is 11.6 Å². The van der Waals surface area contributed by atoms with Crippen molar-refractivity contribution in [2.45, 2.75) is 19.4 Å². The van der Waals surface area contributed by atoms with Crippen LogP contribution < -0.4 is 5.32 Å². The molecule has 2 aromatic rings. The van der Waals surface area contributed by atoms with Crippen LogP contribution in [-0.2, 0) is 6.54 Å². The maximum absolute atomic E-state index is 5.96. The van der Waals surface area contributed by atoms with Crippen LogP contribution in [0.3, 0.4) is 0 Å². The van der Waals surface area contributed by atoms with Gasteiger partial charge in [0.05, 0.1) is 6.54 Å². The highest BCUT2D eigenvalue weighted by Crippen LogP contribution is 2.21. The topological polar surface area (TPSA) is 54.2 Å². The van der Waals surface area contributed by atoms with E-state index in [0.29, 0.717) is 23.3 Å². The van der Waals surface area contributed by atoms with Crippen LogP contribution in [0.1, 0.15) is 18.7 Å². The van der Waals surface area contributed by atoms with Crippen LogP contribution in [0.5, 0.6) is 0 Å². The second-order valence-electron chi connectivity index (χ2n) is 5.24. The van der Waals surface area contributed by atoms with Crippen LogP contribution in [0.15, 0.2) is 28.7 Å². The number of aromatic nitrogens is 2. The molecule has 1 fully saturated rings. The van der Waals surface area contributed by atoms with E-state index >= 15 is 0 Å². The van der Waals surface area contributed by atoms with Gasteiger partial charge in [-0.3, -0.25) is 0 Å². The summed E-state index contributed by atoms with van der Waals surface area (Å²) in [5, 5.41) is 12.1. The molecule has 0 radical (unpaired) electrons. The number of benzene rings is 1. The fraction of sp³-hybridized carbons (Fsp3) is 0.467. The average Bonchev–Trinajstić information content (AvgIpc) is 3.15. The Morgan fingerprint density at radius 2 is 2.10 bits per heavy atom. The molecule has 1 aromatic carbocycles. The summed E-state index contributed by atoms with van der Waals surface area (Å²) in [6.07, 6.45) is 2.65. The molecule has 0 amide bonds. The number of hydrogen-bond acceptors (Lipinski definition) is 5. The van der Waals surface area contributed by atoms with Gasteiger partial charge in [0, 0.05) is 23.7 Å². The zero-order valence-corrected chi connectivity index (χ0v) is 12.6. The number of rotatable bonds is 6. The van der Waals surface area contributed by atoms with Gasteiger partial charge in [0.1, 0.15) is 0 Å². The van der Waals surface area contributed by atoms with Crippen molar-refractivity contribution in [3.8, 4) is 11.5 Å². The molecular formula is C15H19ClN4O. The van der Waals surface area contributed by atoms with E-state index in [1.165, 1.54) is 25.9 Å². The van der Waals surface area contributed by atoms with Crippen molar-refractivity contribution in [3.05, 3.63) is 35.2 Å². The fourth-order valence-corrected chi connectivity index (χ4v) is 2.69. The predicted octanol–water partition coefficient (Wildman–Crippen LogP) is 2.58. The van der Waals surface area contributed by atoms with E-state index in [0.717, 1.165) is 18.7 Å². The van der Waals surface area contributed by atoms with Crippen molar-refractivity contribution in [3.63, 3.8) is 0 Å². The molecule has 2 heterocycles. The molecule has 1 saturated heterocycles. The number of halogens is 1. The smallest absolute Gasteiger partial charge is 0.247 e. The Balaban J connectivity index is 1.48. The van der Waals surface area contributed by atoms with Crippen LogP contribution in [0.2, 0.25) is 5.02 Å². The highest BCUT2D eigenvalue weighted by molar-refractivity contribution is 6.30. The minimum atomic E-state index is 0.508. The molecular weight excluding hydrogens is 288 g/mol. The Morgan fingerprint density at radius 3 is 2.90 bits per heavy atom. The third kappa shape index (κ3) is 4.03. The quantitative estimate of drug-likeness (QED) is 0.831. The maximum Gasteiger partial charge on any atom is 0.247 e. The predicted molar refractivity (Wildman–Crippen MR) is 82.1 cm³/mol. The number of likely N-dealkylation sites (tertiary alicyclic amines) is 1. The molecule has 1 aliphatic rings. The van der Waals surface area contributed by atoms with Crippen LogP contribution in [0.25, 0.3) is 11.5 Å². The molecule has 1 aromatic heterocycles. The Labute approximate surface area is 129 Å². The third-order valence-corrected chi connectivity index (χ3v) is 3.85. The molecule has 0 aliphatic carbocycles. The standard InChI is InChI=1S/C15H19ClN4O/c16-13-5-3-4-12(10-13)15-19-18-14(21-15)11-17-6-9-20-7-1-2-8-20/h3-5,10,17H,1-2,6-9,11H2. The van der Waals surface area contributed by atoms with Crippen molar-refractivity contribution < 1.29 is 4.42 Å². The first-order chi connectivity index (χ1) is 10.3. The second-order valence-corrected chi connectivity index (χ2v) is 5.67. The minimum Gasteiger partial charge on any atom is -0.419 e. The van der Waals surface area contributed by atoms with Crippen LogP contribution in [-0.4, -0.2) is 41.3 Å². The van der Waals surface area contributed by atoms with Gasteiger partial charge in [0.25, 0.3) is 0 Å². The van der Waals surface area contributed by atoms with Crippen molar-refractivity contribution in [1.82, 2.24) is 20.4 Å². The highest BCUT2D eigenvalue weighted by atomic mass is 35.5. The fourth-order valence-electron chi connectivity index (χ4n) is 2.50. The monoisotopic (exact) mass is 306 g/mol. The van der Waals surface area contributed by atoms with Crippen molar-refractivity contribution in [2.24, 2.45) is 0 Å². The first-order valence-electron chi connectivity index (χ1n) is 7.33. The van der Waals surface area contributed by atoms with Crippen molar-refractivity contribution in [2.75, 3.05) is 26.2 Å². The molecule has 3 rings (SSSR count). The zero-order chi connectivity index (χ0) is 14.5. The lowest BCUT2D eigenvalue weighted by Gasteiger charge is -2.13. The lowest BCUT2D eigenvalue weighted by Crippen LogP contribution is -2.29. The van der Waals surface area contributed by atoms with Gasteiger partial charge in [0.15, 0.2) is 0 Å². The molecule has 1 N–H and O–H groups in total. The highest BCUT2D eigenvalue weighted by Gasteiger charge is 2.11. The largest absolute Gasteiger partial charge is 0.419 e. The van der Waals surface area contributed by atoms with Gasteiger partial charge in [-0.15, -0.1) is 10.2 Å². The Bertz CT molecular complexity index is 581. The zero-order valence-electron chi connectivity index (χ0n) is 11.9. The molecule has 0 atom stereocenters. The number of nitrogens with one attached hydrogen (secondary N) is 1. The third-order valence-electron chi connectivity index (χ3n) is 3.62.